The first-order valence-corrected chi connectivity index (χ1v) is 11.6. The highest BCUT2D eigenvalue weighted by Crippen LogP contribution is 2.42. The summed E-state index contributed by atoms with van der Waals surface area (Å²) in [5.74, 6) is 0.0692. The zero-order valence-electron chi connectivity index (χ0n) is 16.9. The van der Waals surface area contributed by atoms with Crippen molar-refractivity contribution in [1.29, 1.82) is 0 Å². The zero-order valence-corrected chi connectivity index (χ0v) is 18.5. The van der Waals surface area contributed by atoms with Crippen molar-refractivity contribution >= 4 is 32.8 Å². The molecular weight excluding hydrogens is 404 g/mol. The lowest BCUT2D eigenvalue weighted by Gasteiger charge is -2.12. The molecule has 3 aromatic rings. The minimum Gasteiger partial charge on any atom is -0.378 e. The number of rotatable bonds is 6. The van der Waals surface area contributed by atoms with Gasteiger partial charge in [0.25, 0.3) is 0 Å². The maximum Gasteiger partial charge on any atom is 0.238 e. The number of nitrogens with two attached hydrogens (primary N) is 1. The number of nitrogens with zero attached hydrogens (tertiary/aromatic N) is 1. The fraction of sp³-hybridized carbons (Fsp3) is 0.227. The summed E-state index contributed by atoms with van der Waals surface area (Å²) in [5, 5.41) is 5.21. The van der Waals surface area contributed by atoms with E-state index in [0.717, 1.165) is 32.8 Å². The van der Waals surface area contributed by atoms with Gasteiger partial charge in [-0.2, -0.15) is 0 Å². The Morgan fingerprint density at radius 1 is 1.00 bits per heavy atom. The molecule has 0 aliphatic heterocycles. The van der Waals surface area contributed by atoms with E-state index in [1.807, 2.05) is 32.8 Å². The molecule has 152 valence electrons. The highest BCUT2D eigenvalue weighted by Gasteiger charge is 2.22. The molecule has 2 aromatic carbocycles. The third-order valence-corrected chi connectivity index (χ3v) is 7.15. The summed E-state index contributed by atoms with van der Waals surface area (Å²) in [6.07, 6.45) is 0.404. The topological polar surface area (TPSA) is 80.5 Å². The first kappa shape index (κ1) is 21.2. The number of anilines is 1. The number of thiophene rings is 1. The van der Waals surface area contributed by atoms with Gasteiger partial charge in [0.1, 0.15) is 0 Å². The van der Waals surface area contributed by atoms with Crippen molar-refractivity contribution in [2.24, 2.45) is 5.14 Å². The van der Waals surface area contributed by atoms with Gasteiger partial charge in [0.15, 0.2) is 5.78 Å². The van der Waals surface area contributed by atoms with Crippen LogP contribution in [-0.2, 0) is 10.0 Å². The smallest absolute Gasteiger partial charge is 0.238 e. The van der Waals surface area contributed by atoms with Gasteiger partial charge < -0.3 is 4.90 Å². The summed E-state index contributed by atoms with van der Waals surface area (Å²) < 4.78 is 23.1. The molecular formula is C22H24N2O3S2. The Kier molecular flexibility index (Phi) is 5.93. The second kappa shape index (κ2) is 8.10. The molecule has 0 saturated carbocycles. The van der Waals surface area contributed by atoms with Gasteiger partial charge in [-0.15, -0.1) is 11.3 Å². The Labute approximate surface area is 175 Å². The van der Waals surface area contributed by atoms with Gasteiger partial charge in [0.2, 0.25) is 10.0 Å². The molecule has 3 rings (SSSR count). The summed E-state index contributed by atoms with van der Waals surface area (Å²) in [6.45, 7) is 3.85. The van der Waals surface area contributed by atoms with Gasteiger partial charge in [-0.1, -0.05) is 31.2 Å². The highest BCUT2D eigenvalue weighted by molar-refractivity contribution is 7.89. The molecule has 0 radical (unpaired) electrons. The maximum absolute atomic E-state index is 12.7. The minimum absolute atomic E-state index is 0.0528. The van der Waals surface area contributed by atoms with E-state index in [1.165, 1.54) is 23.5 Å². The second-order valence-corrected chi connectivity index (χ2v) is 9.63. The summed E-state index contributed by atoms with van der Waals surface area (Å²) in [4.78, 5) is 16.5. The third kappa shape index (κ3) is 4.27. The molecule has 29 heavy (non-hydrogen) atoms. The summed E-state index contributed by atoms with van der Waals surface area (Å²) in [7, 11) is 0.225. The lowest BCUT2D eigenvalue weighted by Crippen LogP contribution is -2.11. The maximum atomic E-state index is 12.7. The van der Waals surface area contributed by atoms with Crippen LogP contribution in [0, 0.1) is 6.92 Å². The first-order valence-electron chi connectivity index (χ1n) is 9.21. The first-order chi connectivity index (χ1) is 13.6. The normalized spacial score (nSPS) is 11.5. The highest BCUT2D eigenvalue weighted by atomic mass is 32.2. The van der Waals surface area contributed by atoms with Crippen molar-refractivity contribution in [3.63, 3.8) is 0 Å². The van der Waals surface area contributed by atoms with Crippen LogP contribution in [0.4, 0.5) is 5.69 Å². The Hall–Kier alpha value is -2.48. The monoisotopic (exact) mass is 428 g/mol. The molecule has 0 saturated heterocycles. The molecule has 0 atom stereocenters. The fourth-order valence-electron chi connectivity index (χ4n) is 3.22. The van der Waals surface area contributed by atoms with Crippen LogP contribution in [0.15, 0.2) is 53.4 Å². The Bertz CT molecular complexity index is 1140. The molecule has 0 aliphatic rings. The van der Waals surface area contributed by atoms with Crippen molar-refractivity contribution < 1.29 is 13.2 Å². The van der Waals surface area contributed by atoms with E-state index >= 15 is 0 Å². The molecule has 2 N–H and O–H groups in total. The lowest BCUT2D eigenvalue weighted by molar-refractivity contribution is 0.0992. The lowest BCUT2D eigenvalue weighted by atomic mass is 9.97. The van der Waals surface area contributed by atoms with Crippen molar-refractivity contribution in [3.8, 4) is 21.6 Å². The van der Waals surface area contributed by atoms with E-state index in [1.54, 1.807) is 12.1 Å². The van der Waals surface area contributed by atoms with Crippen LogP contribution in [-0.4, -0.2) is 28.3 Å². The van der Waals surface area contributed by atoms with Crippen LogP contribution in [0.2, 0.25) is 0 Å². The Morgan fingerprint density at radius 2 is 1.55 bits per heavy atom. The van der Waals surface area contributed by atoms with Crippen molar-refractivity contribution in [2.45, 2.75) is 25.2 Å². The van der Waals surface area contributed by atoms with Gasteiger partial charge in [0, 0.05) is 36.6 Å². The average Bonchev–Trinajstić information content (AvgIpc) is 3.04. The summed E-state index contributed by atoms with van der Waals surface area (Å²) >= 11 is 1.48. The van der Waals surface area contributed by atoms with Crippen molar-refractivity contribution in [2.75, 3.05) is 19.0 Å². The molecule has 0 spiro atoms. The van der Waals surface area contributed by atoms with Crippen LogP contribution in [0.3, 0.4) is 0 Å². The summed E-state index contributed by atoms with van der Waals surface area (Å²) in [5.41, 5.74) is 4.82. The Morgan fingerprint density at radius 3 is 2.03 bits per heavy atom. The number of carbonyl (C=O) groups excluding carboxylic acids is 1. The van der Waals surface area contributed by atoms with Crippen LogP contribution in [0.25, 0.3) is 21.6 Å². The number of Topliss-reactive ketones (excluding diaryl/α,β-unsaturated/α-hetero) is 1. The fourth-order valence-corrected chi connectivity index (χ4v) is 5.08. The molecule has 0 fully saturated rings. The SMILES string of the molecule is CCC(=O)c1sc(-c2ccc(N(C)C)cc2)c(C)c1-c1ccc(S(N)(=O)=O)cc1. The second-order valence-electron chi connectivity index (χ2n) is 7.05. The standard InChI is InChI=1S/C22H24N2O3S2/c1-5-19(25)22-20(15-8-12-18(13-9-15)29(23,26)27)14(2)21(28-22)16-6-10-17(11-7-16)24(3)4/h6-13H,5H2,1-4H3,(H2,23,26,27). The number of hydrogen-bond acceptors (Lipinski definition) is 5. The van der Waals surface area contributed by atoms with Crippen LogP contribution in [0.5, 0.6) is 0 Å². The molecule has 0 aliphatic carbocycles. The molecule has 0 amide bonds. The van der Waals surface area contributed by atoms with E-state index < -0.39 is 10.0 Å². The number of benzene rings is 2. The van der Waals surface area contributed by atoms with Gasteiger partial charge in [-0.3, -0.25) is 4.79 Å². The van der Waals surface area contributed by atoms with Gasteiger partial charge in [0.05, 0.1) is 9.77 Å². The number of primary sulfonamides is 1. The largest absolute Gasteiger partial charge is 0.378 e. The van der Waals surface area contributed by atoms with Gasteiger partial charge in [-0.25, -0.2) is 13.6 Å². The van der Waals surface area contributed by atoms with Crippen LogP contribution >= 0.6 is 11.3 Å². The van der Waals surface area contributed by atoms with Crippen LogP contribution in [0.1, 0.15) is 28.6 Å². The number of sulfonamides is 1. The number of hydrogen-bond donors (Lipinski definition) is 1. The Balaban J connectivity index is 2.15. The predicted molar refractivity (Wildman–Crippen MR) is 120 cm³/mol. The van der Waals surface area contributed by atoms with Crippen molar-refractivity contribution in [1.82, 2.24) is 0 Å². The number of ketones is 1. The zero-order chi connectivity index (χ0) is 21.3. The van der Waals surface area contributed by atoms with E-state index in [2.05, 4.69) is 24.3 Å². The molecule has 5 nitrogen and oxygen atoms in total. The van der Waals surface area contributed by atoms with Gasteiger partial charge >= 0.3 is 0 Å². The molecule has 0 unspecified atom stereocenters. The predicted octanol–water partition coefficient (Wildman–Crippen LogP) is 4.70. The molecule has 1 aromatic heterocycles. The number of carbonyl (C=O) groups is 1. The van der Waals surface area contributed by atoms with E-state index in [4.69, 9.17) is 5.14 Å². The minimum atomic E-state index is -3.76. The molecule has 1 heterocycles. The quantitative estimate of drug-likeness (QED) is 0.577. The van der Waals surface area contributed by atoms with E-state index in [-0.39, 0.29) is 10.7 Å². The molecule has 0 bridgehead atoms. The molecule has 7 heteroatoms. The summed E-state index contributed by atoms with van der Waals surface area (Å²) in [6, 6.07) is 14.6. The average molecular weight is 429 g/mol. The van der Waals surface area contributed by atoms with Gasteiger partial charge in [-0.05, 0) is 47.9 Å². The van der Waals surface area contributed by atoms with E-state index in [0.29, 0.717) is 11.3 Å². The van der Waals surface area contributed by atoms with Crippen molar-refractivity contribution in [3.05, 3.63) is 59.0 Å². The van der Waals surface area contributed by atoms with Crippen LogP contribution < -0.4 is 10.0 Å². The van der Waals surface area contributed by atoms with E-state index in [9.17, 15) is 13.2 Å². The third-order valence-electron chi connectivity index (χ3n) is 4.84.